The van der Waals surface area contributed by atoms with Crippen LogP contribution in [0.3, 0.4) is 0 Å². The summed E-state index contributed by atoms with van der Waals surface area (Å²) in [7, 11) is 1.61. The number of benzene rings is 4. The van der Waals surface area contributed by atoms with Crippen LogP contribution in [0.1, 0.15) is 31.8 Å². The van der Waals surface area contributed by atoms with E-state index in [-0.39, 0.29) is 44.5 Å². The number of rotatable bonds is 14. The number of aliphatic hydroxyl groups is 1. The van der Waals surface area contributed by atoms with E-state index in [4.69, 9.17) is 48.0 Å². The highest BCUT2D eigenvalue weighted by molar-refractivity contribution is 5.92. The molecule has 2 fully saturated rings. The summed E-state index contributed by atoms with van der Waals surface area (Å²) in [6, 6.07) is 27.0. The van der Waals surface area contributed by atoms with Gasteiger partial charge in [-0.2, -0.15) is 0 Å². The molecule has 4 aromatic carbocycles. The maximum Gasteiger partial charge on any atom is 0.343 e. The molecule has 4 aromatic rings. The quantitative estimate of drug-likeness (QED) is 0.0663. The molecule has 0 amide bonds. The normalized spacial score (nSPS) is 19.7. The molecule has 4 atom stereocenters. The molecule has 0 radical (unpaired) electrons. The maximum absolute atomic E-state index is 12.8. The number of esters is 2. The lowest BCUT2D eigenvalue weighted by Crippen LogP contribution is -2.35. The molecule has 0 aliphatic carbocycles. The Morgan fingerprint density at radius 2 is 1.19 bits per heavy atom. The summed E-state index contributed by atoms with van der Waals surface area (Å²) in [5.41, 5.74) is 2.17. The van der Waals surface area contributed by atoms with Gasteiger partial charge in [0.25, 0.3) is 0 Å². The monoisotopic (exact) mass is 658 g/mol. The van der Waals surface area contributed by atoms with Gasteiger partial charge < -0.3 is 38.3 Å². The van der Waals surface area contributed by atoms with Gasteiger partial charge in [0.05, 0.1) is 38.1 Å². The summed E-state index contributed by atoms with van der Waals surface area (Å²) in [5.74, 6) is 1.21. The Morgan fingerprint density at radius 1 is 0.667 bits per heavy atom. The minimum absolute atomic E-state index is 0.0543. The van der Waals surface area contributed by atoms with Gasteiger partial charge in [-0.25, -0.2) is 19.4 Å². The van der Waals surface area contributed by atoms with Crippen LogP contribution in [-0.2, 0) is 37.2 Å². The highest BCUT2D eigenvalue weighted by atomic mass is 17.2. The standard InChI is InChI=1S/C36H34O12/c1-40-27-14-16-29(17-15-27)44-22-43-28-10-4-24(5-11-28)19-45-48-32-21-42-33-31(20-41-34(32)33)47-36(39)26-8-12-30(13-9-26)46-35(38)25-6-2-23(18-37)3-7-25/h2-17,31-34,37H,18-22H2,1H3/t31?,32-,33+,34+/m0/s1. The molecule has 0 saturated carbocycles. The lowest BCUT2D eigenvalue weighted by molar-refractivity contribution is -0.341. The zero-order valence-electron chi connectivity index (χ0n) is 26.0. The molecule has 250 valence electrons. The average Bonchev–Trinajstić information content (AvgIpc) is 3.72. The van der Waals surface area contributed by atoms with Gasteiger partial charge in [-0.05, 0) is 83.9 Å². The first kappa shape index (κ1) is 32.9. The van der Waals surface area contributed by atoms with Crippen molar-refractivity contribution in [2.45, 2.75) is 37.6 Å². The van der Waals surface area contributed by atoms with Crippen molar-refractivity contribution >= 4 is 11.9 Å². The van der Waals surface area contributed by atoms with Gasteiger partial charge in [0.15, 0.2) is 6.10 Å². The SMILES string of the molecule is COc1ccc(OCOc2ccc(COO[C@H]3CO[C@@H]4C(OC(=O)c5ccc(OC(=O)c6ccc(CO)cc6)cc5)CO[C@H]34)cc2)cc1. The largest absolute Gasteiger partial charge is 0.497 e. The van der Waals surface area contributed by atoms with Crippen molar-refractivity contribution in [1.29, 1.82) is 0 Å². The maximum atomic E-state index is 12.8. The molecule has 0 spiro atoms. The van der Waals surface area contributed by atoms with E-state index in [0.717, 1.165) is 11.3 Å². The predicted octanol–water partition coefficient (Wildman–Crippen LogP) is 4.66. The Bertz CT molecular complexity index is 1640. The molecule has 0 aromatic heterocycles. The number of hydrogen-bond donors (Lipinski definition) is 1. The number of methoxy groups -OCH3 is 1. The van der Waals surface area contributed by atoms with E-state index in [9.17, 15) is 9.59 Å². The molecule has 2 saturated heterocycles. The first-order valence-corrected chi connectivity index (χ1v) is 15.2. The fourth-order valence-corrected chi connectivity index (χ4v) is 5.10. The van der Waals surface area contributed by atoms with Crippen LogP contribution in [0.2, 0.25) is 0 Å². The van der Waals surface area contributed by atoms with E-state index >= 15 is 0 Å². The second kappa shape index (κ2) is 15.7. The molecule has 48 heavy (non-hydrogen) atoms. The van der Waals surface area contributed by atoms with Crippen LogP contribution in [0.5, 0.6) is 23.0 Å². The van der Waals surface area contributed by atoms with E-state index in [1.165, 1.54) is 24.3 Å². The van der Waals surface area contributed by atoms with Crippen molar-refractivity contribution in [2.24, 2.45) is 0 Å². The van der Waals surface area contributed by atoms with Crippen molar-refractivity contribution in [2.75, 3.05) is 27.1 Å². The molecular formula is C36H34O12. The highest BCUT2D eigenvalue weighted by Gasteiger charge is 2.50. The summed E-state index contributed by atoms with van der Waals surface area (Å²) in [5, 5.41) is 9.15. The minimum Gasteiger partial charge on any atom is -0.497 e. The van der Waals surface area contributed by atoms with Gasteiger partial charge in [-0.1, -0.05) is 24.3 Å². The average molecular weight is 659 g/mol. The zero-order chi connectivity index (χ0) is 33.3. The van der Waals surface area contributed by atoms with Crippen LogP contribution in [0.4, 0.5) is 0 Å². The Labute approximate surface area is 276 Å². The number of hydrogen-bond acceptors (Lipinski definition) is 12. The third kappa shape index (κ3) is 8.29. The van der Waals surface area contributed by atoms with E-state index < -0.39 is 36.4 Å². The fourth-order valence-electron chi connectivity index (χ4n) is 5.10. The fraction of sp³-hybridized carbons (Fsp3) is 0.278. The van der Waals surface area contributed by atoms with E-state index in [1.807, 2.05) is 36.4 Å². The van der Waals surface area contributed by atoms with E-state index in [2.05, 4.69) is 0 Å². The topological polar surface area (TPSA) is 137 Å². The van der Waals surface area contributed by atoms with Crippen LogP contribution in [-0.4, -0.2) is 68.6 Å². The smallest absolute Gasteiger partial charge is 0.343 e. The van der Waals surface area contributed by atoms with Crippen LogP contribution >= 0.6 is 0 Å². The molecule has 1 unspecified atom stereocenters. The third-order valence-corrected chi connectivity index (χ3v) is 7.74. The summed E-state index contributed by atoms with van der Waals surface area (Å²) < 4.78 is 39.1. The van der Waals surface area contributed by atoms with Gasteiger partial charge in [0.2, 0.25) is 6.79 Å². The molecule has 12 heteroatoms. The molecule has 0 bridgehead atoms. The number of carbonyl (C=O) groups excluding carboxylic acids is 2. The number of aliphatic hydroxyl groups excluding tert-OH is 1. The summed E-state index contributed by atoms with van der Waals surface area (Å²) >= 11 is 0. The molecule has 1 N–H and O–H groups in total. The third-order valence-electron chi connectivity index (χ3n) is 7.74. The number of ether oxygens (including phenoxy) is 7. The number of fused-ring (bicyclic) bond motifs is 1. The first-order valence-electron chi connectivity index (χ1n) is 15.2. The molecule has 2 aliphatic rings. The molecular weight excluding hydrogens is 624 g/mol. The highest BCUT2D eigenvalue weighted by Crippen LogP contribution is 2.31. The minimum atomic E-state index is -0.628. The van der Waals surface area contributed by atoms with E-state index in [0.29, 0.717) is 22.6 Å². The summed E-state index contributed by atoms with van der Waals surface area (Å²) in [4.78, 5) is 36.3. The summed E-state index contributed by atoms with van der Waals surface area (Å²) in [6.07, 6.45) is -2.09. The summed E-state index contributed by atoms with van der Waals surface area (Å²) in [6.45, 7) is 0.492. The van der Waals surface area contributed by atoms with Crippen molar-refractivity contribution in [1.82, 2.24) is 0 Å². The van der Waals surface area contributed by atoms with Gasteiger partial charge in [-0.15, -0.1) is 0 Å². The van der Waals surface area contributed by atoms with Gasteiger partial charge in [0, 0.05) is 0 Å². The molecule has 6 rings (SSSR count). The van der Waals surface area contributed by atoms with Gasteiger partial charge in [-0.3, -0.25) is 0 Å². The predicted molar refractivity (Wildman–Crippen MR) is 168 cm³/mol. The molecule has 2 heterocycles. The Kier molecular flexibility index (Phi) is 10.8. The van der Waals surface area contributed by atoms with Crippen molar-refractivity contribution in [3.8, 4) is 23.0 Å². The van der Waals surface area contributed by atoms with Gasteiger partial charge >= 0.3 is 11.9 Å². The van der Waals surface area contributed by atoms with Crippen molar-refractivity contribution in [3.05, 3.63) is 119 Å². The van der Waals surface area contributed by atoms with Crippen LogP contribution in [0.25, 0.3) is 0 Å². The van der Waals surface area contributed by atoms with Crippen LogP contribution in [0.15, 0.2) is 97.1 Å². The Hall–Kier alpha value is -4.98. The molecule has 2 aliphatic heterocycles. The molecule has 12 nitrogen and oxygen atoms in total. The lowest BCUT2D eigenvalue weighted by atomic mass is 10.1. The van der Waals surface area contributed by atoms with Crippen molar-refractivity contribution < 1.29 is 57.6 Å². The first-order chi connectivity index (χ1) is 23.5. The van der Waals surface area contributed by atoms with E-state index in [1.54, 1.807) is 43.5 Å². The van der Waals surface area contributed by atoms with Crippen molar-refractivity contribution in [3.63, 3.8) is 0 Å². The Morgan fingerprint density at radius 3 is 1.83 bits per heavy atom. The second-order valence-electron chi connectivity index (χ2n) is 10.9. The van der Waals surface area contributed by atoms with Crippen LogP contribution in [0, 0.1) is 0 Å². The zero-order valence-corrected chi connectivity index (χ0v) is 26.0. The number of carbonyl (C=O) groups is 2. The van der Waals surface area contributed by atoms with Crippen LogP contribution < -0.4 is 18.9 Å². The second-order valence-corrected chi connectivity index (χ2v) is 10.9. The lowest BCUT2D eigenvalue weighted by Gasteiger charge is -2.17. The Balaban J connectivity index is 0.904. The van der Waals surface area contributed by atoms with Gasteiger partial charge in [0.1, 0.15) is 47.9 Å².